The maximum absolute atomic E-state index is 12.8. The van der Waals surface area contributed by atoms with E-state index in [1.807, 2.05) is 56.5 Å². The number of furan rings is 1. The molecule has 0 bridgehead atoms. The summed E-state index contributed by atoms with van der Waals surface area (Å²) in [7, 11) is 0. The van der Waals surface area contributed by atoms with Crippen molar-refractivity contribution in [1.29, 1.82) is 5.26 Å². The molecule has 0 aliphatic rings. The summed E-state index contributed by atoms with van der Waals surface area (Å²) in [5.74, 6) is 1.02. The van der Waals surface area contributed by atoms with Crippen LogP contribution in [0.1, 0.15) is 33.7 Å². The smallest absolute Gasteiger partial charge is 0.235 e. The van der Waals surface area contributed by atoms with Crippen molar-refractivity contribution in [3.63, 3.8) is 0 Å². The number of nitrogens with zero attached hydrogens (tertiary/aromatic N) is 6. The third-order valence-electron chi connectivity index (χ3n) is 5.60. The van der Waals surface area contributed by atoms with E-state index < -0.39 is 0 Å². The van der Waals surface area contributed by atoms with E-state index in [0.717, 1.165) is 28.3 Å². The van der Waals surface area contributed by atoms with Crippen molar-refractivity contribution in [2.45, 2.75) is 39.4 Å². The standard InChI is InChI=1S/C23H23N7O2S/c1-14-7-8-18(10-15(14)2)30-23(26-27-28-30)33-13-21(31)25-22-20(11-24)16(3)17(4)29(22)12-19-6-5-9-32-19/h5-10H,12-13H2,1-4H3,(H,25,31). The number of hydrogen-bond donors (Lipinski definition) is 1. The normalized spacial score (nSPS) is 10.9. The first-order valence-corrected chi connectivity index (χ1v) is 11.3. The lowest BCUT2D eigenvalue weighted by molar-refractivity contribution is -0.113. The fourth-order valence-electron chi connectivity index (χ4n) is 3.47. The molecule has 1 N–H and O–H groups in total. The number of aromatic nitrogens is 5. The molecule has 3 heterocycles. The quantitative estimate of drug-likeness (QED) is 0.415. The van der Waals surface area contributed by atoms with Gasteiger partial charge in [-0.3, -0.25) is 4.79 Å². The maximum Gasteiger partial charge on any atom is 0.235 e. The number of benzene rings is 1. The Kier molecular flexibility index (Phi) is 6.33. The number of thioether (sulfide) groups is 1. The van der Waals surface area contributed by atoms with Gasteiger partial charge >= 0.3 is 0 Å². The molecule has 10 heteroatoms. The van der Waals surface area contributed by atoms with Crippen LogP contribution in [-0.4, -0.2) is 36.4 Å². The molecule has 0 spiro atoms. The Hall–Kier alpha value is -3.84. The third kappa shape index (κ3) is 4.54. The van der Waals surface area contributed by atoms with Crippen LogP contribution in [0.2, 0.25) is 0 Å². The fraction of sp³-hybridized carbons (Fsp3) is 0.261. The largest absolute Gasteiger partial charge is 0.467 e. The molecule has 33 heavy (non-hydrogen) atoms. The molecular formula is C23H23N7O2S. The summed E-state index contributed by atoms with van der Waals surface area (Å²) >= 11 is 1.23. The van der Waals surface area contributed by atoms with Crippen LogP contribution in [0.5, 0.6) is 0 Å². The van der Waals surface area contributed by atoms with Crippen molar-refractivity contribution in [3.05, 3.63) is 70.3 Å². The van der Waals surface area contributed by atoms with Crippen LogP contribution in [0, 0.1) is 39.0 Å². The molecule has 0 atom stereocenters. The van der Waals surface area contributed by atoms with Crippen molar-refractivity contribution >= 4 is 23.5 Å². The van der Waals surface area contributed by atoms with Crippen LogP contribution in [0.25, 0.3) is 5.69 Å². The van der Waals surface area contributed by atoms with Gasteiger partial charge in [0.1, 0.15) is 17.6 Å². The highest BCUT2D eigenvalue weighted by atomic mass is 32.2. The number of nitrogens with one attached hydrogen (secondary N) is 1. The third-order valence-corrected chi connectivity index (χ3v) is 6.52. The van der Waals surface area contributed by atoms with Crippen molar-refractivity contribution in [2.75, 3.05) is 11.1 Å². The van der Waals surface area contributed by atoms with Gasteiger partial charge in [0.05, 0.1) is 29.8 Å². The molecule has 0 unspecified atom stereocenters. The number of nitriles is 1. The Labute approximate surface area is 195 Å². The lowest BCUT2D eigenvalue weighted by Gasteiger charge is -2.12. The molecule has 4 aromatic rings. The Balaban J connectivity index is 1.52. The van der Waals surface area contributed by atoms with Crippen molar-refractivity contribution in [2.24, 2.45) is 0 Å². The minimum atomic E-state index is -0.260. The average Bonchev–Trinajstić information content (AvgIpc) is 3.53. The number of hydrogen-bond acceptors (Lipinski definition) is 7. The first-order valence-electron chi connectivity index (χ1n) is 10.3. The summed E-state index contributed by atoms with van der Waals surface area (Å²) in [6, 6.07) is 11.8. The van der Waals surface area contributed by atoms with Crippen LogP contribution < -0.4 is 5.32 Å². The van der Waals surface area contributed by atoms with E-state index in [1.54, 1.807) is 17.0 Å². The molecule has 168 valence electrons. The minimum Gasteiger partial charge on any atom is -0.467 e. The highest BCUT2D eigenvalue weighted by Crippen LogP contribution is 2.28. The van der Waals surface area contributed by atoms with Gasteiger partial charge in [0.25, 0.3) is 0 Å². The van der Waals surface area contributed by atoms with Crippen molar-refractivity contribution in [1.82, 2.24) is 24.8 Å². The molecule has 0 aliphatic heterocycles. The van der Waals surface area contributed by atoms with E-state index in [2.05, 4.69) is 26.9 Å². The van der Waals surface area contributed by atoms with Gasteiger partial charge in [-0.2, -0.15) is 9.94 Å². The summed E-state index contributed by atoms with van der Waals surface area (Å²) in [4.78, 5) is 12.8. The zero-order valence-electron chi connectivity index (χ0n) is 18.8. The first kappa shape index (κ1) is 22.4. The van der Waals surface area contributed by atoms with Crippen LogP contribution in [0.3, 0.4) is 0 Å². The summed E-state index contributed by atoms with van der Waals surface area (Å²) < 4.78 is 8.95. The first-order chi connectivity index (χ1) is 15.9. The number of carbonyl (C=O) groups is 1. The predicted molar refractivity (Wildman–Crippen MR) is 124 cm³/mol. The molecule has 0 aliphatic carbocycles. The maximum atomic E-state index is 12.8. The summed E-state index contributed by atoms with van der Waals surface area (Å²) in [6.07, 6.45) is 1.60. The number of amides is 1. The lowest BCUT2D eigenvalue weighted by Crippen LogP contribution is -2.19. The topological polar surface area (TPSA) is 115 Å². The van der Waals surface area contributed by atoms with Crippen LogP contribution in [-0.2, 0) is 11.3 Å². The van der Waals surface area contributed by atoms with E-state index in [9.17, 15) is 10.1 Å². The molecule has 0 saturated carbocycles. The van der Waals surface area contributed by atoms with Crippen molar-refractivity contribution in [3.8, 4) is 11.8 Å². The number of carbonyl (C=O) groups excluding carboxylic acids is 1. The highest BCUT2D eigenvalue weighted by Gasteiger charge is 2.21. The van der Waals surface area contributed by atoms with Gasteiger partial charge in [-0.05, 0) is 79.1 Å². The molecule has 1 amide bonds. The molecule has 9 nitrogen and oxygen atoms in total. The van der Waals surface area contributed by atoms with E-state index in [1.165, 1.54) is 17.3 Å². The van der Waals surface area contributed by atoms with Crippen molar-refractivity contribution < 1.29 is 9.21 Å². The second-order valence-corrected chi connectivity index (χ2v) is 8.63. The van der Waals surface area contributed by atoms with Crippen LogP contribution in [0.15, 0.2) is 46.2 Å². The van der Waals surface area contributed by atoms with E-state index >= 15 is 0 Å². The summed E-state index contributed by atoms with van der Waals surface area (Å²) in [6.45, 7) is 8.27. The molecule has 0 saturated heterocycles. The highest BCUT2D eigenvalue weighted by molar-refractivity contribution is 7.99. The number of anilines is 1. The minimum absolute atomic E-state index is 0.0834. The van der Waals surface area contributed by atoms with Gasteiger partial charge < -0.3 is 14.3 Å². The van der Waals surface area contributed by atoms with E-state index in [0.29, 0.717) is 23.1 Å². The van der Waals surface area contributed by atoms with Gasteiger partial charge in [0, 0.05) is 5.69 Å². The summed E-state index contributed by atoms with van der Waals surface area (Å²) in [5, 5.41) is 25.0. The predicted octanol–water partition coefficient (Wildman–Crippen LogP) is 3.94. The number of rotatable bonds is 7. The molecule has 4 rings (SSSR count). The van der Waals surface area contributed by atoms with Gasteiger partial charge in [0.15, 0.2) is 0 Å². The molecule has 0 fully saturated rings. The number of aryl methyl sites for hydroxylation is 2. The molecule has 1 aromatic carbocycles. The Morgan fingerprint density at radius 1 is 1.21 bits per heavy atom. The van der Waals surface area contributed by atoms with Crippen LogP contribution >= 0.6 is 11.8 Å². The lowest BCUT2D eigenvalue weighted by atomic mass is 10.1. The van der Waals surface area contributed by atoms with E-state index in [-0.39, 0.29) is 11.7 Å². The monoisotopic (exact) mass is 461 g/mol. The Bertz CT molecular complexity index is 1350. The molecular weight excluding hydrogens is 438 g/mol. The SMILES string of the molecule is Cc1ccc(-n2nnnc2SCC(=O)Nc2c(C#N)c(C)c(C)n2Cc2ccco2)cc1C. The fourth-order valence-corrected chi connectivity index (χ4v) is 4.16. The zero-order chi connectivity index (χ0) is 23.5. The van der Waals surface area contributed by atoms with Gasteiger partial charge in [-0.15, -0.1) is 5.10 Å². The second kappa shape index (κ2) is 9.34. The Morgan fingerprint density at radius 2 is 2.03 bits per heavy atom. The molecule has 0 radical (unpaired) electrons. The second-order valence-electron chi connectivity index (χ2n) is 7.69. The summed E-state index contributed by atoms with van der Waals surface area (Å²) in [5.41, 5.74) is 5.30. The van der Waals surface area contributed by atoms with Gasteiger partial charge in [-0.1, -0.05) is 17.8 Å². The van der Waals surface area contributed by atoms with Gasteiger partial charge in [0.2, 0.25) is 11.1 Å². The number of tetrazole rings is 1. The Morgan fingerprint density at radius 3 is 2.73 bits per heavy atom. The van der Waals surface area contributed by atoms with E-state index in [4.69, 9.17) is 4.42 Å². The van der Waals surface area contributed by atoms with Crippen LogP contribution in [0.4, 0.5) is 5.82 Å². The average molecular weight is 462 g/mol. The van der Waals surface area contributed by atoms with Gasteiger partial charge in [-0.25, -0.2) is 0 Å². The molecule has 3 aromatic heterocycles. The zero-order valence-corrected chi connectivity index (χ0v) is 19.6.